The molecule has 0 saturated carbocycles. The first-order valence-electron chi connectivity index (χ1n) is 5.71. The van der Waals surface area contributed by atoms with Crippen molar-refractivity contribution in [3.63, 3.8) is 0 Å². The minimum atomic E-state index is -0.406. The van der Waals surface area contributed by atoms with Gasteiger partial charge in [0.2, 0.25) is 5.91 Å². The lowest BCUT2D eigenvalue weighted by molar-refractivity contribution is -0.125. The Morgan fingerprint density at radius 1 is 1.44 bits per heavy atom. The Hall–Kier alpha value is -1.26. The number of hydrogen-bond donors (Lipinski definition) is 3. The third-order valence-corrected chi connectivity index (χ3v) is 2.57. The summed E-state index contributed by atoms with van der Waals surface area (Å²) in [6.07, 6.45) is 1.80. The van der Waals surface area contributed by atoms with Crippen LogP contribution in [0.3, 0.4) is 0 Å². The lowest BCUT2D eigenvalue weighted by Gasteiger charge is -2.22. The summed E-state index contributed by atoms with van der Waals surface area (Å²) in [4.78, 5) is 11.8. The van der Waals surface area contributed by atoms with Gasteiger partial charge in [0, 0.05) is 5.92 Å². The average molecular weight is 229 g/mol. The molecule has 0 radical (unpaired) electrons. The fraction of sp³-hybridized carbons (Fsp3) is 0.818. The van der Waals surface area contributed by atoms with Gasteiger partial charge in [-0.3, -0.25) is 4.79 Å². The third-order valence-electron chi connectivity index (χ3n) is 2.57. The molecule has 0 aliphatic heterocycles. The van der Waals surface area contributed by atoms with Crippen LogP contribution in [-0.4, -0.2) is 23.0 Å². The van der Waals surface area contributed by atoms with Crippen LogP contribution in [0.2, 0.25) is 0 Å². The molecule has 2 unspecified atom stereocenters. The Morgan fingerprint density at radius 3 is 2.38 bits per heavy atom. The number of amides is 1. The van der Waals surface area contributed by atoms with E-state index < -0.39 is 6.04 Å². The zero-order valence-electron chi connectivity index (χ0n) is 10.5. The highest BCUT2D eigenvalue weighted by atomic mass is 16.4. The molecule has 94 valence electrons. The predicted molar refractivity (Wildman–Crippen MR) is 64.2 cm³/mol. The number of carbonyl (C=O) groups excluding carboxylic acids is 1. The molecule has 0 rings (SSSR count). The number of nitrogens with two attached hydrogens (primary N) is 1. The standard InChI is InChI=1S/C11H23N3O2/c1-5-6-8(4)11(15)13-9(7(2)3)10(12)14-16/h7-9,16H,5-6H2,1-4H3,(H2,12,14)(H,13,15). The van der Waals surface area contributed by atoms with E-state index in [4.69, 9.17) is 10.9 Å². The van der Waals surface area contributed by atoms with Crippen molar-refractivity contribution in [2.45, 2.75) is 46.6 Å². The summed E-state index contributed by atoms with van der Waals surface area (Å²) >= 11 is 0. The van der Waals surface area contributed by atoms with Crippen molar-refractivity contribution in [3.05, 3.63) is 0 Å². The van der Waals surface area contributed by atoms with E-state index in [2.05, 4.69) is 10.5 Å². The number of rotatable bonds is 6. The lowest BCUT2D eigenvalue weighted by Crippen LogP contribution is -2.49. The molecular formula is C11H23N3O2. The van der Waals surface area contributed by atoms with Crippen molar-refractivity contribution in [1.29, 1.82) is 0 Å². The van der Waals surface area contributed by atoms with E-state index in [-0.39, 0.29) is 23.6 Å². The second-order valence-corrected chi connectivity index (χ2v) is 4.44. The van der Waals surface area contributed by atoms with E-state index in [9.17, 15) is 4.79 Å². The number of hydrogen-bond acceptors (Lipinski definition) is 3. The molecule has 0 heterocycles. The van der Waals surface area contributed by atoms with Crippen molar-refractivity contribution in [2.24, 2.45) is 22.7 Å². The van der Waals surface area contributed by atoms with Crippen LogP contribution in [0.4, 0.5) is 0 Å². The van der Waals surface area contributed by atoms with Gasteiger partial charge in [-0.1, -0.05) is 39.3 Å². The second-order valence-electron chi connectivity index (χ2n) is 4.44. The molecule has 0 aliphatic rings. The molecule has 4 N–H and O–H groups in total. The molecule has 0 aliphatic carbocycles. The number of carbonyl (C=O) groups is 1. The molecule has 0 bridgehead atoms. The Bertz CT molecular complexity index is 252. The first-order valence-corrected chi connectivity index (χ1v) is 5.71. The summed E-state index contributed by atoms with van der Waals surface area (Å²) in [6.45, 7) is 7.73. The molecule has 16 heavy (non-hydrogen) atoms. The summed E-state index contributed by atoms with van der Waals surface area (Å²) in [7, 11) is 0. The smallest absolute Gasteiger partial charge is 0.223 e. The lowest BCUT2D eigenvalue weighted by atomic mass is 10.0. The van der Waals surface area contributed by atoms with Crippen molar-refractivity contribution in [2.75, 3.05) is 0 Å². The van der Waals surface area contributed by atoms with Crippen LogP contribution < -0.4 is 11.1 Å². The normalized spacial score (nSPS) is 15.9. The fourth-order valence-corrected chi connectivity index (χ4v) is 1.50. The van der Waals surface area contributed by atoms with Crippen LogP contribution in [0.1, 0.15) is 40.5 Å². The quantitative estimate of drug-likeness (QED) is 0.278. The third kappa shape index (κ3) is 4.51. The molecule has 0 saturated heterocycles. The molecule has 0 spiro atoms. The van der Waals surface area contributed by atoms with Crippen LogP contribution >= 0.6 is 0 Å². The van der Waals surface area contributed by atoms with Gasteiger partial charge < -0.3 is 16.3 Å². The SMILES string of the molecule is CCCC(C)C(=O)NC(C(N)=NO)C(C)C. The topological polar surface area (TPSA) is 87.7 Å². The number of oxime groups is 1. The van der Waals surface area contributed by atoms with Crippen LogP contribution in [0.5, 0.6) is 0 Å². The Balaban J connectivity index is 4.47. The van der Waals surface area contributed by atoms with Gasteiger partial charge in [0.1, 0.15) is 0 Å². The van der Waals surface area contributed by atoms with Gasteiger partial charge in [-0.25, -0.2) is 0 Å². The number of nitrogens with zero attached hydrogens (tertiary/aromatic N) is 1. The molecular weight excluding hydrogens is 206 g/mol. The highest BCUT2D eigenvalue weighted by Gasteiger charge is 2.22. The van der Waals surface area contributed by atoms with E-state index >= 15 is 0 Å². The summed E-state index contributed by atoms with van der Waals surface area (Å²) in [5.41, 5.74) is 5.53. The van der Waals surface area contributed by atoms with Gasteiger partial charge >= 0.3 is 0 Å². The van der Waals surface area contributed by atoms with Gasteiger partial charge in [-0.05, 0) is 12.3 Å². The monoisotopic (exact) mass is 229 g/mol. The Kier molecular flexibility index (Phi) is 6.53. The largest absolute Gasteiger partial charge is 0.409 e. The van der Waals surface area contributed by atoms with Crippen molar-refractivity contribution in [1.82, 2.24) is 5.32 Å². The second kappa shape index (κ2) is 7.09. The molecule has 0 aromatic rings. The first kappa shape index (κ1) is 14.7. The van der Waals surface area contributed by atoms with Crippen molar-refractivity contribution in [3.8, 4) is 0 Å². The Morgan fingerprint density at radius 2 is 2.00 bits per heavy atom. The molecule has 5 heteroatoms. The fourth-order valence-electron chi connectivity index (χ4n) is 1.50. The molecule has 2 atom stereocenters. The van der Waals surface area contributed by atoms with Gasteiger partial charge in [0.25, 0.3) is 0 Å². The molecule has 0 aromatic heterocycles. The van der Waals surface area contributed by atoms with E-state index in [1.165, 1.54) is 0 Å². The van der Waals surface area contributed by atoms with E-state index in [0.717, 1.165) is 12.8 Å². The maximum atomic E-state index is 11.8. The highest BCUT2D eigenvalue weighted by molar-refractivity contribution is 5.90. The van der Waals surface area contributed by atoms with Crippen molar-refractivity contribution >= 4 is 11.7 Å². The maximum absolute atomic E-state index is 11.8. The first-order chi connectivity index (χ1) is 7.43. The van der Waals surface area contributed by atoms with E-state index in [0.29, 0.717) is 0 Å². The van der Waals surface area contributed by atoms with Crippen LogP contribution in [-0.2, 0) is 4.79 Å². The van der Waals surface area contributed by atoms with Gasteiger partial charge in [-0.2, -0.15) is 0 Å². The summed E-state index contributed by atoms with van der Waals surface area (Å²) in [6, 6.07) is -0.406. The van der Waals surface area contributed by atoms with Crippen molar-refractivity contribution < 1.29 is 10.0 Å². The summed E-state index contributed by atoms with van der Waals surface area (Å²) in [5, 5.41) is 14.4. The van der Waals surface area contributed by atoms with Gasteiger partial charge in [0.15, 0.2) is 5.84 Å². The van der Waals surface area contributed by atoms with E-state index in [1.54, 1.807) is 0 Å². The minimum Gasteiger partial charge on any atom is -0.409 e. The molecule has 0 fully saturated rings. The predicted octanol–water partition coefficient (Wildman–Crippen LogP) is 1.31. The zero-order chi connectivity index (χ0) is 12.7. The highest BCUT2D eigenvalue weighted by Crippen LogP contribution is 2.08. The zero-order valence-corrected chi connectivity index (χ0v) is 10.5. The average Bonchev–Trinajstić information content (AvgIpc) is 2.24. The van der Waals surface area contributed by atoms with Crippen LogP contribution in [0.15, 0.2) is 5.16 Å². The Labute approximate surface area is 97.1 Å². The summed E-state index contributed by atoms with van der Waals surface area (Å²) in [5.74, 6) is 0.0469. The van der Waals surface area contributed by atoms with Gasteiger partial charge in [0.05, 0.1) is 6.04 Å². The minimum absolute atomic E-state index is 0.0438. The van der Waals surface area contributed by atoms with Crippen LogP contribution in [0.25, 0.3) is 0 Å². The maximum Gasteiger partial charge on any atom is 0.223 e. The van der Waals surface area contributed by atoms with E-state index in [1.807, 2.05) is 27.7 Å². The number of amidine groups is 1. The van der Waals surface area contributed by atoms with Crippen LogP contribution in [0, 0.1) is 11.8 Å². The molecule has 1 amide bonds. The number of nitrogens with one attached hydrogen (secondary N) is 1. The molecule has 5 nitrogen and oxygen atoms in total. The van der Waals surface area contributed by atoms with Gasteiger partial charge in [-0.15, -0.1) is 0 Å². The molecule has 0 aromatic carbocycles. The summed E-state index contributed by atoms with van der Waals surface area (Å²) < 4.78 is 0.